The summed E-state index contributed by atoms with van der Waals surface area (Å²) in [6, 6.07) is 6.47. The topological polar surface area (TPSA) is 63.1 Å². The lowest BCUT2D eigenvalue weighted by atomic mass is 10.1. The predicted molar refractivity (Wildman–Crippen MR) is 64.4 cm³/mol. The fraction of sp³-hybridized carbons (Fsp3) is 0. The van der Waals surface area contributed by atoms with E-state index in [2.05, 4.69) is 9.97 Å². The van der Waals surface area contributed by atoms with E-state index in [0.717, 1.165) is 0 Å². The van der Waals surface area contributed by atoms with Crippen molar-refractivity contribution in [3.05, 3.63) is 46.3 Å². The Kier molecular flexibility index (Phi) is 3.26. The highest BCUT2D eigenvalue weighted by atomic mass is 35.5. The molecule has 0 bridgehead atoms. The maximum Gasteiger partial charge on any atom is 0.373 e. The summed E-state index contributed by atoms with van der Waals surface area (Å²) in [5.74, 6) is -1.47. The molecule has 0 radical (unpaired) electrons. The molecule has 0 fully saturated rings. The average molecular weight is 269 g/mol. The van der Waals surface area contributed by atoms with E-state index in [4.69, 9.17) is 28.3 Å². The van der Waals surface area contributed by atoms with Gasteiger partial charge in [-0.05, 0) is 24.3 Å². The molecule has 1 aromatic heterocycles. The number of hydrogen-bond acceptors (Lipinski definition) is 3. The van der Waals surface area contributed by atoms with Crippen molar-refractivity contribution in [1.29, 1.82) is 0 Å². The Labute approximate surface area is 107 Å². The molecular weight excluding hydrogens is 263 g/mol. The van der Waals surface area contributed by atoms with Gasteiger partial charge in [0.15, 0.2) is 0 Å². The first-order valence-electron chi connectivity index (χ1n) is 4.59. The normalized spacial score (nSPS) is 10.2. The Bertz CT molecular complexity index is 587. The highest BCUT2D eigenvalue weighted by Gasteiger charge is 2.10. The minimum atomic E-state index is -1.19. The molecule has 1 N–H and O–H groups in total. The van der Waals surface area contributed by atoms with Gasteiger partial charge in [-0.1, -0.05) is 23.2 Å². The first-order chi connectivity index (χ1) is 8.08. The van der Waals surface area contributed by atoms with Crippen LogP contribution in [0, 0.1) is 0 Å². The van der Waals surface area contributed by atoms with Crippen molar-refractivity contribution in [2.24, 2.45) is 0 Å². The van der Waals surface area contributed by atoms with Crippen molar-refractivity contribution in [3.8, 4) is 11.3 Å². The molecule has 0 amide bonds. The number of rotatable bonds is 2. The largest absolute Gasteiger partial charge is 0.475 e. The molecule has 6 heteroatoms. The van der Waals surface area contributed by atoms with E-state index in [0.29, 0.717) is 21.3 Å². The maximum absolute atomic E-state index is 10.8. The van der Waals surface area contributed by atoms with E-state index in [-0.39, 0.29) is 5.82 Å². The fourth-order valence-corrected chi connectivity index (χ4v) is 1.69. The van der Waals surface area contributed by atoms with Crippen LogP contribution in [0.25, 0.3) is 11.3 Å². The highest BCUT2D eigenvalue weighted by Crippen LogP contribution is 2.28. The van der Waals surface area contributed by atoms with Crippen LogP contribution in [0.5, 0.6) is 0 Å². The van der Waals surface area contributed by atoms with Crippen molar-refractivity contribution in [2.45, 2.75) is 0 Å². The molecule has 86 valence electrons. The van der Waals surface area contributed by atoms with Crippen LogP contribution in [-0.2, 0) is 0 Å². The third kappa shape index (κ3) is 2.54. The summed E-state index contributed by atoms with van der Waals surface area (Å²) in [6.07, 6.45) is 1.36. The number of carboxylic acid groups (broad SMARTS) is 1. The molecule has 0 unspecified atom stereocenters. The van der Waals surface area contributed by atoms with E-state index < -0.39 is 5.97 Å². The summed E-state index contributed by atoms with van der Waals surface area (Å²) < 4.78 is 0. The molecule has 1 aromatic carbocycles. The van der Waals surface area contributed by atoms with Gasteiger partial charge < -0.3 is 5.11 Å². The van der Waals surface area contributed by atoms with Crippen molar-refractivity contribution >= 4 is 29.2 Å². The van der Waals surface area contributed by atoms with Crippen LogP contribution < -0.4 is 0 Å². The monoisotopic (exact) mass is 268 g/mol. The summed E-state index contributed by atoms with van der Waals surface area (Å²) in [4.78, 5) is 18.3. The molecular formula is C11H6Cl2N2O2. The number of nitrogens with zero attached hydrogens (tertiary/aromatic N) is 2. The number of carboxylic acids is 1. The van der Waals surface area contributed by atoms with E-state index in [1.165, 1.54) is 6.20 Å². The molecule has 0 saturated heterocycles. The molecule has 0 aliphatic heterocycles. The van der Waals surface area contributed by atoms with Gasteiger partial charge in [0, 0.05) is 16.8 Å². The van der Waals surface area contributed by atoms with Gasteiger partial charge in [-0.15, -0.1) is 0 Å². The number of aromatic carboxylic acids is 1. The maximum atomic E-state index is 10.8. The minimum absolute atomic E-state index is 0.279. The Morgan fingerprint density at radius 3 is 2.71 bits per heavy atom. The van der Waals surface area contributed by atoms with Gasteiger partial charge >= 0.3 is 5.97 Å². The Morgan fingerprint density at radius 2 is 2.00 bits per heavy atom. The van der Waals surface area contributed by atoms with Gasteiger partial charge in [-0.25, -0.2) is 14.8 Å². The van der Waals surface area contributed by atoms with Crippen LogP contribution in [0.4, 0.5) is 0 Å². The molecule has 1 heterocycles. The van der Waals surface area contributed by atoms with Gasteiger partial charge in [0.25, 0.3) is 0 Å². The quantitative estimate of drug-likeness (QED) is 0.909. The number of halogens is 2. The molecule has 17 heavy (non-hydrogen) atoms. The molecule has 0 aliphatic carbocycles. The molecule has 0 spiro atoms. The Balaban J connectivity index is 2.56. The van der Waals surface area contributed by atoms with Crippen molar-refractivity contribution in [3.63, 3.8) is 0 Å². The SMILES string of the molecule is O=C(O)c1nccc(-c2cc(Cl)ccc2Cl)n1. The van der Waals surface area contributed by atoms with Crippen LogP contribution in [-0.4, -0.2) is 21.0 Å². The molecule has 4 nitrogen and oxygen atoms in total. The number of carbonyl (C=O) groups is 1. The summed E-state index contributed by atoms with van der Waals surface area (Å²) in [7, 11) is 0. The van der Waals surface area contributed by atoms with Gasteiger partial charge in [0.2, 0.25) is 5.82 Å². The van der Waals surface area contributed by atoms with Crippen LogP contribution in [0.2, 0.25) is 10.0 Å². The first kappa shape index (κ1) is 11.8. The molecule has 0 saturated carbocycles. The van der Waals surface area contributed by atoms with Gasteiger partial charge in [-0.3, -0.25) is 0 Å². The number of aromatic nitrogens is 2. The van der Waals surface area contributed by atoms with Gasteiger partial charge in [-0.2, -0.15) is 0 Å². The zero-order valence-electron chi connectivity index (χ0n) is 8.39. The zero-order chi connectivity index (χ0) is 12.4. The standard InChI is InChI=1S/C11H6Cl2N2O2/c12-6-1-2-8(13)7(5-6)9-3-4-14-10(15-9)11(16)17/h1-5H,(H,16,17). The van der Waals surface area contributed by atoms with E-state index in [1.54, 1.807) is 24.3 Å². The summed E-state index contributed by atoms with van der Waals surface area (Å²) >= 11 is 11.8. The van der Waals surface area contributed by atoms with Crippen LogP contribution >= 0.6 is 23.2 Å². The smallest absolute Gasteiger partial charge is 0.373 e. The lowest BCUT2D eigenvalue weighted by Crippen LogP contribution is -2.04. The summed E-state index contributed by atoms with van der Waals surface area (Å²) in [5, 5.41) is 9.74. The van der Waals surface area contributed by atoms with Crippen LogP contribution in [0.1, 0.15) is 10.6 Å². The van der Waals surface area contributed by atoms with Gasteiger partial charge in [0.05, 0.1) is 10.7 Å². The van der Waals surface area contributed by atoms with E-state index in [1.807, 2.05) is 0 Å². The van der Waals surface area contributed by atoms with Crippen LogP contribution in [0.15, 0.2) is 30.5 Å². The van der Waals surface area contributed by atoms with Crippen molar-refractivity contribution in [2.75, 3.05) is 0 Å². The Hall–Kier alpha value is -1.65. The van der Waals surface area contributed by atoms with Crippen LogP contribution in [0.3, 0.4) is 0 Å². The molecule has 2 rings (SSSR count). The van der Waals surface area contributed by atoms with E-state index in [9.17, 15) is 4.79 Å². The third-order valence-electron chi connectivity index (χ3n) is 2.05. The molecule has 2 aromatic rings. The minimum Gasteiger partial charge on any atom is -0.475 e. The number of benzene rings is 1. The third-order valence-corrected chi connectivity index (χ3v) is 2.62. The Morgan fingerprint density at radius 1 is 1.24 bits per heavy atom. The average Bonchev–Trinajstić information content (AvgIpc) is 2.32. The molecule has 0 atom stereocenters. The highest BCUT2D eigenvalue weighted by molar-refractivity contribution is 6.35. The second kappa shape index (κ2) is 4.69. The lowest BCUT2D eigenvalue weighted by Gasteiger charge is -2.04. The second-order valence-electron chi connectivity index (χ2n) is 3.19. The van der Waals surface area contributed by atoms with Gasteiger partial charge in [0.1, 0.15) is 0 Å². The molecule has 0 aliphatic rings. The summed E-state index contributed by atoms with van der Waals surface area (Å²) in [6.45, 7) is 0. The predicted octanol–water partition coefficient (Wildman–Crippen LogP) is 3.15. The number of hydrogen-bond donors (Lipinski definition) is 1. The van der Waals surface area contributed by atoms with E-state index >= 15 is 0 Å². The first-order valence-corrected chi connectivity index (χ1v) is 5.35. The summed E-state index contributed by atoms with van der Waals surface area (Å²) in [5.41, 5.74) is 0.994. The van der Waals surface area contributed by atoms with Crippen molar-refractivity contribution in [1.82, 2.24) is 9.97 Å². The lowest BCUT2D eigenvalue weighted by molar-refractivity contribution is 0.0683. The fourth-order valence-electron chi connectivity index (χ4n) is 1.31. The zero-order valence-corrected chi connectivity index (χ0v) is 9.90. The van der Waals surface area contributed by atoms with Crippen molar-refractivity contribution < 1.29 is 9.90 Å². The second-order valence-corrected chi connectivity index (χ2v) is 4.04.